The van der Waals surface area contributed by atoms with Gasteiger partial charge in [-0.05, 0) is 19.8 Å². The van der Waals surface area contributed by atoms with E-state index in [2.05, 4.69) is 15.3 Å². The number of hydrogen-bond acceptors (Lipinski definition) is 7. The number of nitro groups is 1. The monoisotopic (exact) mass is 319 g/mol. The molecule has 1 N–H and O–H groups in total. The first-order valence-electron chi connectivity index (χ1n) is 7.52. The van der Waals surface area contributed by atoms with E-state index >= 15 is 0 Å². The average Bonchev–Trinajstić information content (AvgIpc) is 2.98. The van der Waals surface area contributed by atoms with Gasteiger partial charge in [0.25, 0.3) is 11.7 Å². The van der Waals surface area contributed by atoms with Crippen LogP contribution < -0.4 is 10.2 Å². The molecular weight excluding hydrogens is 302 g/mol. The summed E-state index contributed by atoms with van der Waals surface area (Å²) in [4.78, 5) is 32.2. The van der Waals surface area contributed by atoms with E-state index in [1.165, 1.54) is 6.07 Å². The Labute approximate surface area is 131 Å². The number of rotatable bonds is 4. The Morgan fingerprint density at radius 2 is 2.26 bits per heavy atom. The zero-order chi connectivity index (χ0) is 16.4. The zero-order valence-electron chi connectivity index (χ0n) is 12.7. The molecule has 0 saturated carbocycles. The summed E-state index contributed by atoms with van der Waals surface area (Å²) < 4.78 is 5.59. The smallest absolute Gasteiger partial charge is 0.299 e. The van der Waals surface area contributed by atoms with Crippen molar-refractivity contribution in [2.24, 2.45) is 5.92 Å². The highest BCUT2D eigenvalue weighted by Gasteiger charge is 2.27. The highest BCUT2D eigenvalue weighted by atomic mass is 16.6. The molecule has 0 atom stereocenters. The zero-order valence-corrected chi connectivity index (χ0v) is 12.7. The van der Waals surface area contributed by atoms with Gasteiger partial charge in [-0.25, -0.2) is 4.98 Å². The van der Waals surface area contributed by atoms with Crippen LogP contribution in [0.5, 0.6) is 0 Å². The van der Waals surface area contributed by atoms with Crippen molar-refractivity contribution in [2.45, 2.75) is 19.8 Å². The van der Waals surface area contributed by atoms with Gasteiger partial charge in [0.05, 0.1) is 11.0 Å². The maximum atomic E-state index is 11.8. The molecule has 0 bridgehead atoms. The van der Waals surface area contributed by atoms with Gasteiger partial charge in [0.1, 0.15) is 6.20 Å². The lowest BCUT2D eigenvalue weighted by molar-refractivity contribution is -0.385. The minimum Gasteiger partial charge on any atom is -0.421 e. The summed E-state index contributed by atoms with van der Waals surface area (Å²) >= 11 is 0. The number of amides is 1. The van der Waals surface area contributed by atoms with Gasteiger partial charge in [0.2, 0.25) is 11.6 Å². The first-order chi connectivity index (χ1) is 11.1. The highest BCUT2D eigenvalue weighted by molar-refractivity contribution is 5.79. The van der Waals surface area contributed by atoms with Crippen LogP contribution in [0.3, 0.4) is 0 Å². The number of oxazole rings is 1. The molecule has 9 nitrogen and oxygen atoms in total. The number of fused-ring (bicyclic) bond motifs is 1. The lowest BCUT2D eigenvalue weighted by Crippen LogP contribution is -2.40. The number of pyridine rings is 1. The third kappa shape index (κ3) is 3.08. The lowest BCUT2D eigenvalue weighted by atomic mass is 9.96. The van der Waals surface area contributed by atoms with E-state index in [1.807, 2.05) is 11.8 Å². The molecule has 1 aliphatic heterocycles. The van der Waals surface area contributed by atoms with Crippen LogP contribution >= 0.6 is 0 Å². The first-order valence-corrected chi connectivity index (χ1v) is 7.52. The molecule has 0 aliphatic carbocycles. The van der Waals surface area contributed by atoms with E-state index < -0.39 is 4.92 Å². The van der Waals surface area contributed by atoms with Crippen LogP contribution in [0.4, 0.5) is 11.7 Å². The van der Waals surface area contributed by atoms with Crippen LogP contribution in [-0.2, 0) is 4.79 Å². The van der Waals surface area contributed by atoms with Crippen molar-refractivity contribution in [2.75, 3.05) is 24.5 Å². The Kier molecular flexibility index (Phi) is 4.09. The van der Waals surface area contributed by atoms with Gasteiger partial charge in [-0.15, -0.1) is 0 Å². The van der Waals surface area contributed by atoms with E-state index in [-0.39, 0.29) is 17.5 Å². The molecule has 0 unspecified atom stereocenters. The Bertz CT molecular complexity index is 736. The number of carbonyl (C=O) groups excluding carboxylic acids is 1. The molecule has 1 aliphatic rings. The molecule has 0 spiro atoms. The number of nitrogens with zero attached hydrogens (tertiary/aromatic N) is 4. The first kappa shape index (κ1) is 15.2. The van der Waals surface area contributed by atoms with E-state index in [9.17, 15) is 14.9 Å². The fourth-order valence-corrected chi connectivity index (χ4v) is 2.68. The van der Waals surface area contributed by atoms with Gasteiger partial charge < -0.3 is 14.6 Å². The summed E-state index contributed by atoms with van der Waals surface area (Å²) in [5.41, 5.74) is 0.506. The molecule has 1 amide bonds. The van der Waals surface area contributed by atoms with Gasteiger partial charge >= 0.3 is 0 Å². The molecule has 1 fully saturated rings. The van der Waals surface area contributed by atoms with Crippen LogP contribution in [0.15, 0.2) is 16.7 Å². The minimum absolute atomic E-state index is 0.00907. The summed E-state index contributed by atoms with van der Waals surface area (Å²) in [5.74, 6) is 0.0943. The predicted octanol–water partition coefficient (Wildman–Crippen LogP) is 1.48. The van der Waals surface area contributed by atoms with Crippen molar-refractivity contribution in [1.29, 1.82) is 0 Å². The number of nitrogens with one attached hydrogen (secondary N) is 1. The van der Waals surface area contributed by atoms with Gasteiger partial charge in [0.15, 0.2) is 5.58 Å². The topological polar surface area (TPSA) is 114 Å². The lowest BCUT2D eigenvalue weighted by Gasteiger charge is -2.29. The maximum absolute atomic E-state index is 11.8. The Morgan fingerprint density at radius 1 is 1.52 bits per heavy atom. The molecule has 3 heterocycles. The number of carbonyl (C=O) groups is 1. The Hall–Kier alpha value is -2.71. The van der Waals surface area contributed by atoms with Crippen molar-refractivity contribution >= 4 is 28.8 Å². The van der Waals surface area contributed by atoms with Gasteiger partial charge in [-0.2, -0.15) is 4.98 Å². The second kappa shape index (κ2) is 6.19. The van der Waals surface area contributed by atoms with Gasteiger partial charge in [0, 0.05) is 25.6 Å². The molecule has 2 aromatic rings. The van der Waals surface area contributed by atoms with Crippen LogP contribution in [0.25, 0.3) is 11.2 Å². The summed E-state index contributed by atoms with van der Waals surface area (Å²) in [6.07, 6.45) is 2.60. The second-order valence-corrected chi connectivity index (χ2v) is 5.42. The third-order valence-corrected chi connectivity index (χ3v) is 3.92. The molecule has 0 aromatic carbocycles. The predicted molar refractivity (Wildman–Crippen MR) is 82.1 cm³/mol. The van der Waals surface area contributed by atoms with Crippen LogP contribution in [0, 0.1) is 16.0 Å². The third-order valence-electron chi connectivity index (χ3n) is 3.92. The standard InChI is InChI=1S/C14H17N5O4/c1-2-15-13(20)9-3-5-18(6-4-9)14-17-12-11(23-14)7-10(8-16-12)19(21)22/h7-9H,2-6H2,1H3,(H,15,20). The quantitative estimate of drug-likeness (QED) is 0.670. The number of hydrogen-bond donors (Lipinski definition) is 1. The fourth-order valence-electron chi connectivity index (χ4n) is 2.68. The van der Waals surface area contributed by atoms with Crippen molar-refractivity contribution in [3.05, 3.63) is 22.4 Å². The number of anilines is 1. The van der Waals surface area contributed by atoms with Crippen molar-refractivity contribution in [1.82, 2.24) is 15.3 Å². The maximum Gasteiger partial charge on any atom is 0.299 e. The van der Waals surface area contributed by atoms with Crippen LogP contribution in [0.1, 0.15) is 19.8 Å². The normalized spacial score (nSPS) is 15.8. The summed E-state index contributed by atoms with van der Waals surface area (Å²) in [5, 5.41) is 13.6. The largest absolute Gasteiger partial charge is 0.421 e. The van der Waals surface area contributed by atoms with E-state index in [4.69, 9.17) is 4.42 Å². The Balaban J connectivity index is 1.72. The SMILES string of the molecule is CCNC(=O)C1CCN(c2nc3ncc([N+](=O)[O-])cc3o2)CC1. The van der Waals surface area contributed by atoms with Gasteiger partial charge in [-0.1, -0.05) is 0 Å². The molecule has 1 saturated heterocycles. The van der Waals surface area contributed by atoms with Crippen LogP contribution in [-0.4, -0.2) is 40.4 Å². The number of piperidine rings is 1. The average molecular weight is 319 g/mol. The molecule has 2 aromatic heterocycles. The molecule has 3 rings (SSSR count). The Morgan fingerprint density at radius 3 is 2.91 bits per heavy atom. The van der Waals surface area contributed by atoms with E-state index in [1.54, 1.807) is 0 Å². The molecule has 23 heavy (non-hydrogen) atoms. The van der Waals surface area contributed by atoms with E-state index in [0.29, 0.717) is 36.9 Å². The molecule has 0 radical (unpaired) electrons. The van der Waals surface area contributed by atoms with Crippen LogP contribution in [0.2, 0.25) is 0 Å². The van der Waals surface area contributed by atoms with E-state index in [0.717, 1.165) is 19.0 Å². The molecule has 9 heteroatoms. The van der Waals surface area contributed by atoms with Gasteiger partial charge in [-0.3, -0.25) is 14.9 Å². The summed E-state index contributed by atoms with van der Waals surface area (Å²) in [6, 6.07) is 1.71. The fraction of sp³-hybridized carbons (Fsp3) is 0.500. The highest BCUT2D eigenvalue weighted by Crippen LogP contribution is 2.27. The summed E-state index contributed by atoms with van der Waals surface area (Å²) in [7, 11) is 0. The molecule has 122 valence electrons. The minimum atomic E-state index is -0.521. The summed E-state index contributed by atoms with van der Waals surface area (Å²) in [6.45, 7) is 3.83. The second-order valence-electron chi connectivity index (χ2n) is 5.42. The van der Waals surface area contributed by atoms with Crippen molar-refractivity contribution in [3.63, 3.8) is 0 Å². The molecular formula is C14H17N5O4. The van der Waals surface area contributed by atoms with Crippen molar-refractivity contribution in [3.8, 4) is 0 Å². The number of aromatic nitrogens is 2. The van der Waals surface area contributed by atoms with Crippen molar-refractivity contribution < 1.29 is 14.1 Å².